The molecule has 5 N–H and O–H groups in total. The minimum absolute atomic E-state index is 0.276. The summed E-state index contributed by atoms with van der Waals surface area (Å²) in [5.74, 6) is 0.925. The molecule has 1 heterocycles. The van der Waals surface area contributed by atoms with Crippen molar-refractivity contribution in [2.45, 2.75) is 38.8 Å². The fraction of sp³-hybridized carbons (Fsp3) is 0.500. The minimum Gasteiger partial charge on any atom is -0.368 e. The van der Waals surface area contributed by atoms with Crippen LogP contribution in [-0.2, 0) is 6.42 Å². The minimum atomic E-state index is -0.326. The first-order valence-electron chi connectivity index (χ1n) is 5.93. The molecular formula is C12H21N5. The quantitative estimate of drug-likeness (QED) is 0.380. The molecule has 0 aromatic carbocycles. The highest BCUT2D eigenvalue weighted by molar-refractivity contribution is 5.41. The van der Waals surface area contributed by atoms with Gasteiger partial charge in [0.15, 0.2) is 0 Å². The number of aromatic nitrogens is 2. The van der Waals surface area contributed by atoms with E-state index in [-0.39, 0.29) is 12.1 Å². The predicted molar refractivity (Wildman–Crippen MR) is 71.5 cm³/mol. The summed E-state index contributed by atoms with van der Waals surface area (Å²) >= 11 is 0. The third kappa shape index (κ3) is 4.82. The summed E-state index contributed by atoms with van der Waals surface area (Å²) in [5.41, 5.74) is 12.3. The Labute approximate surface area is 102 Å². The van der Waals surface area contributed by atoms with Crippen molar-refractivity contribution in [3.8, 4) is 0 Å². The molecule has 94 valence electrons. The van der Waals surface area contributed by atoms with Gasteiger partial charge < -0.3 is 16.8 Å². The SMILES string of the molecule is C=CC(N)Nc1cc(CCCCC)nc(N)n1. The van der Waals surface area contributed by atoms with E-state index in [1.54, 1.807) is 6.08 Å². The Morgan fingerprint density at radius 1 is 1.47 bits per heavy atom. The van der Waals surface area contributed by atoms with Crippen LogP contribution in [0.1, 0.15) is 31.9 Å². The van der Waals surface area contributed by atoms with Gasteiger partial charge in [-0.1, -0.05) is 32.4 Å². The van der Waals surface area contributed by atoms with Crippen LogP contribution in [0.15, 0.2) is 18.7 Å². The van der Waals surface area contributed by atoms with Crippen molar-refractivity contribution in [3.63, 3.8) is 0 Å². The number of hydrogen-bond donors (Lipinski definition) is 3. The summed E-state index contributed by atoms with van der Waals surface area (Å²) in [6.07, 6.45) is 5.69. The van der Waals surface area contributed by atoms with Gasteiger partial charge in [-0.25, -0.2) is 4.98 Å². The number of nitrogens with two attached hydrogens (primary N) is 2. The van der Waals surface area contributed by atoms with Gasteiger partial charge in [0, 0.05) is 11.8 Å². The molecule has 1 atom stereocenters. The van der Waals surface area contributed by atoms with E-state index in [1.807, 2.05) is 6.07 Å². The Morgan fingerprint density at radius 3 is 2.88 bits per heavy atom. The molecule has 1 rings (SSSR count). The zero-order valence-electron chi connectivity index (χ0n) is 10.3. The van der Waals surface area contributed by atoms with Gasteiger partial charge in [0.1, 0.15) is 5.82 Å². The number of unbranched alkanes of at least 4 members (excludes halogenated alkanes) is 2. The molecule has 0 aliphatic rings. The van der Waals surface area contributed by atoms with Gasteiger partial charge in [-0.15, -0.1) is 0 Å². The summed E-state index contributed by atoms with van der Waals surface area (Å²) in [5, 5.41) is 2.99. The first-order chi connectivity index (χ1) is 8.15. The van der Waals surface area contributed by atoms with Crippen molar-refractivity contribution in [1.82, 2.24) is 9.97 Å². The molecule has 17 heavy (non-hydrogen) atoms. The average molecular weight is 235 g/mol. The summed E-state index contributed by atoms with van der Waals surface area (Å²) in [6.45, 7) is 5.77. The van der Waals surface area contributed by atoms with Crippen molar-refractivity contribution < 1.29 is 0 Å². The smallest absolute Gasteiger partial charge is 0.222 e. The number of nitrogens with zero attached hydrogens (tertiary/aromatic N) is 2. The average Bonchev–Trinajstić information content (AvgIpc) is 2.28. The molecule has 0 saturated carbocycles. The van der Waals surface area contributed by atoms with Gasteiger partial charge >= 0.3 is 0 Å². The van der Waals surface area contributed by atoms with Crippen LogP contribution in [0.5, 0.6) is 0 Å². The third-order valence-corrected chi connectivity index (χ3v) is 2.40. The summed E-state index contributed by atoms with van der Waals surface area (Å²) in [4.78, 5) is 8.28. The zero-order valence-corrected chi connectivity index (χ0v) is 10.3. The molecule has 0 fully saturated rings. The second-order valence-corrected chi connectivity index (χ2v) is 3.97. The van der Waals surface area contributed by atoms with Crippen LogP contribution in [0.3, 0.4) is 0 Å². The van der Waals surface area contributed by atoms with Gasteiger partial charge in [-0.2, -0.15) is 4.98 Å². The lowest BCUT2D eigenvalue weighted by atomic mass is 10.1. The molecule has 5 nitrogen and oxygen atoms in total. The normalized spacial score (nSPS) is 12.1. The first-order valence-corrected chi connectivity index (χ1v) is 5.93. The summed E-state index contributed by atoms with van der Waals surface area (Å²) in [7, 11) is 0. The maximum absolute atomic E-state index is 5.70. The molecule has 5 heteroatoms. The second-order valence-electron chi connectivity index (χ2n) is 3.97. The highest BCUT2D eigenvalue weighted by Crippen LogP contribution is 2.11. The third-order valence-electron chi connectivity index (χ3n) is 2.40. The van der Waals surface area contributed by atoms with E-state index in [0.717, 1.165) is 18.5 Å². The van der Waals surface area contributed by atoms with E-state index < -0.39 is 0 Å². The summed E-state index contributed by atoms with van der Waals surface area (Å²) < 4.78 is 0. The fourth-order valence-corrected chi connectivity index (χ4v) is 1.51. The maximum atomic E-state index is 5.70. The number of hydrogen-bond acceptors (Lipinski definition) is 5. The Balaban J connectivity index is 2.68. The van der Waals surface area contributed by atoms with Gasteiger partial charge in [0.2, 0.25) is 5.95 Å². The van der Waals surface area contributed by atoms with Gasteiger partial charge in [0.05, 0.1) is 6.17 Å². The molecule has 0 saturated heterocycles. The monoisotopic (exact) mass is 235 g/mol. The van der Waals surface area contributed by atoms with Gasteiger partial charge in [0.25, 0.3) is 0 Å². The number of rotatable bonds is 7. The molecule has 0 amide bonds. The van der Waals surface area contributed by atoms with Crippen molar-refractivity contribution in [2.24, 2.45) is 5.73 Å². The van der Waals surface area contributed by atoms with Crippen LogP contribution < -0.4 is 16.8 Å². The van der Waals surface area contributed by atoms with Crippen LogP contribution in [0.25, 0.3) is 0 Å². The molecule has 0 bridgehead atoms. The predicted octanol–water partition coefficient (Wildman–Crippen LogP) is 1.67. The Kier molecular flexibility index (Phi) is 5.42. The number of nitrogen functional groups attached to an aromatic ring is 1. The molecule has 1 aromatic rings. The van der Waals surface area contributed by atoms with E-state index in [1.165, 1.54) is 12.8 Å². The standard InChI is InChI=1S/C12H21N5/c1-3-5-6-7-9-8-11(16-10(13)4-2)17-12(14)15-9/h4,8,10H,2-3,5-7,13H2,1H3,(H3,14,15,16,17). The lowest BCUT2D eigenvalue weighted by molar-refractivity contribution is 0.706. The van der Waals surface area contributed by atoms with E-state index in [9.17, 15) is 0 Å². The van der Waals surface area contributed by atoms with E-state index in [2.05, 4.69) is 28.8 Å². The van der Waals surface area contributed by atoms with Crippen LogP contribution >= 0.6 is 0 Å². The van der Waals surface area contributed by atoms with Crippen LogP contribution in [0, 0.1) is 0 Å². The number of aryl methyl sites for hydroxylation is 1. The lowest BCUT2D eigenvalue weighted by Gasteiger charge is -2.11. The molecule has 0 spiro atoms. The van der Waals surface area contributed by atoms with Crippen LogP contribution in [0.4, 0.5) is 11.8 Å². The fourth-order valence-electron chi connectivity index (χ4n) is 1.51. The van der Waals surface area contributed by atoms with E-state index >= 15 is 0 Å². The second kappa shape index (κ2) is 6.85. The topological polar surface area (TPSA) is 89.8 Å². The van der Waals surface area contributed by atoms with Crippen LogP contribution in [0.2, 0.25) is 0 Å². The number of anilines is 2. The molecule has 0 aliphatic heterocycles. The summed E-state index contributed by atoms with van der Waals surface area (Å²) in [6, 6.07) is 1.88. The van der Waals surface area contributed by atoms with E-state index in [0.29, 0.717) is 5.82 Å². The highest BCUT2D eigenvalue weighted by atomic mass is 15.1. The zero-order chi connectivity index (χ0) is 12.7. The molecule has 0 radical (unpaired) electrons. The molecule has 1 unspecified atom stereocenters. The lowest BCUT2D eigenvalue weighted by Crippen LogP contribution is -2.27. The van der Waals surface area contributed by atoms with Gasteiger partial charge in [-0.3, -0.25) is 0 Å². The Bertz CT molecular complexity index is 364. The van der Waals surface area contributed by atoms with Crippen LogP contribution in [-0.4, -0.2) is 16.1 Å². The number of nitrogens with one attached hydrogen (secondary N) is 1. The molecule has 0 aliphatic carbocycles. The Morgan fingerprint density at radius 2 is 2.24 bits per heavy atom. The van der Waals surface area contributed by atoms with Crippen molar-refractivity contribution >= 4 is 11.8 Å². The van der Waals surface area contributed by atoms with Crippen molar-refractivity contribution in [1.29, 1.82) is 0 Å². The first kappa shape index (κ1) is 13.4. The largest absolute Gasteiger partial charge is 0.368 e. The maximum Gasteiger partial charge on any atom is 0.222 e. The van der Waals surface area contributed by atoms with Crippen molar-refractivity contribution in [3.05, 3.63) is 24.4 Å². The van der Waals surface area contributed by atoms with Gasteiger partial charge in [-0.05, 0) is 12.8 Å². The molecular weight excluding hydrogens is 214 g/mol. The Hall–Kier alpha value is -1.62. The molecule has 1 aromatic heterocycles. The van der Waals surface area contributed by atoms with Crippen molar-refractivity contribution in [2.75, 3.05) is 11.1 Å². The van der Waals surface area contributed by atoms with E-state index in [4.69, 9.17) is 11.5 Å². The highest BCUT2D eigenvalue weighted by Gasteiger charge is 2.04.